The van der Waals surface area contributed by atoms with E-state index in [9.17, 15) is 14.4 Å². The van der Waals surface area contributed by atoms with E-state index in [1.54, 1.807) is 18.4 Å². The Kier molecular flexibility index (Phi) is 2.84. The monoisotopic (exact) mass is 348 g/mol. The molecule has 26 heavy (non-hydrogen) atoms. The summed E-state index contributed by atoms with van der Waals surface area (Å²) in [5.41, 5.74) is 3.42. The van der Waals surface area contributed by atoms with E-state index in [0.717, 1.165) is 36.0 Å². The highest BCUT2D eigenvalue weighted by molar-refractivity contribution is 6.25. The topological polar surface area (TPSA) is 73.6 Å². The Labute approximate surface area is 149 Å². The number of carbonyl (C=O) groups is 3. The Bertz CT molecular complexity index is 1070. The van der Waals surface area contributed by atoms with Gasteiger partial charge in [0.15, 0.2) is 17.3 Å². The van der Waals surface area contributed by atoms with E-state index < -0.39 is 5.41 Å². The molecule has 1 aromatic heterocycles. The largest absolute Gasteiger partial charge is 0.492 e. The summed E-state index contributed by atoms with van der Waals surface area (Å²) >= 11 is 0. The van der Waals surface area contributed by atoms with Crippen molar-refractivity contribution in [2.45, 2.75) is 31.6 Å². The van der Waals surface area contributed by atoms with Gasteiger partial charge in [0.05, 0.1) is 13.4 Å². The summed E-state index contributed by atoms with van der Waals surface area (Å²) in [5.74, 6) is -0.465. The first-order valence-electron chi connectivity index (χ1n) is 8.64. The molecule has 5 nitrogen and oxygen atoms in total. The van der Waals surface area contributed by atoms with E-state index in [1.165, 1.54) is 13.2 Å². The van der Waals surface area contributed by atoms with Gasteiger partial charge in [-0.15, -0.1) is 0 Å². The molecule has 3 aliphatic rings. The minimum atomic E-state index is -0.397. The molecule has 0 aliphatic heterocycles. The van der Waals surface area contributed by atoms with E-state index >= 15 is 0 Å². The van der Waals surface area contributed by atoms with Crippen LogP contribution >= 0.6 is 0 Å². The molecule has 5 heteroatoms. The van der Waals surface area contributed by atoms with E-state index in [0.29, 0.717) is 16.9 Å². The summed E-state index contributed by atoms with van der Waals surface area (Å²) in [7, 11) is 1.37. The second-order valence-corrected chi connectivity index (χ2v) is 7.33. The van der Waals surface area contributed by atoms with Crippen LogP contribution in [0.1, 0.15) is 73.3 Å². The number of furan rings is 1. The number of ketones is 3. The zero-order chi connectivity index (χ0) is 18.2. The highest BCUT2D eigenvalue weighted by Gasteiger charge is 2.47. The normalized spacial score (nSPS) is 23.2. The van der Waals surface area contributed by atoms with Gasteiger partial charge in [0.25, 0.3) is 0 Å². The Hall–Kier alpha value is -2.95. The maximum absolute atomic E-state index is 13.0. The lowest BCUT2D eigenvalue weighted by atomic mass is 9.62. The molecule has 0 amide bonds. The van der Waals surface area contributed by atoms with E-state index in [2.05, 4.69) is 6.92 Å². The number of aryl methyl sites for hydroxylation is 1. The fraction of sp³-hybridized carbons (Fsp3) is 0.286. The maximum Gasteiger partial charge on any atom is 0.228 e. The van der Waals surface area contributed by atoms with Crippen molar-refractivity contribution in [3.05, 3.63) is 69.4 Å². The molecular formula is C21H16O5. The smallest absolute Gasteiger partial charge is 0.228 e. The first-order valence-corrected chi connectivity index (χ1v) is 8.64. The number of hydrogen-bond donors (Lipinski definition) is 0. The molecule has 0 unspecified atom stereocenters. The Balaban J connectivity index is 1.81. The van der Waals surface area contributed by atoms with Crippen LogP contribution in [0, 0.1) is 0 Å². The molecule has 0 bridgehead atoms. The minimum absolute atomic E-state index is 0.0306. The maximum atomic E-state index is 13.0. The van der Waals surface area contributed by atoms with Crippen molar-refractivity contribution in [3.63, 3.8) is 0 Å². The first-order chi connectivity index (χ1) is 12.5. The Morgan fingerprint density at radius 1 is 1.08 bits per heavy atom. The Morgan fingerprint density at radius 2 is 1.88 bits per heavy atom. The number of rotatable bonds is 1. The molecule has 0 saturated carbocycles. The van der Waals surface area contributed by atoms with Crippen LogP contribution in [0.5, 0.6) is 0 Å². The summed E-state index contributed by atoms with van der Waals surface area (Å²) in [6.07, 6.45) is 5.58. The van der Waals surface area contributed by atoms with Crippen LogP contribution in [0.25, 0.3) is 0 Å². The number of Topliss-reactive ketones (excluding diaryl/α,β-unsaturated/α-hetero) is 1. The summed E-state index contributed by atoms with van der Waals surface area (Å²) in [6.45, 7) is 2.09. The van der Waals surface area contributed by atoms with Gasteiger partial charge in [-0.1, -0.05) is 6.92 Å². The molecule has 1 heterocycles. The van der Waals surface area contributed by atoms with Gasteiger partial charge in [-0.2, -0.15) is 0 Å². The van der Waals surface area contributed by atoms with Gasteiger partial charge in [-0.25, -0.2) is 0 Å². The first kappa shape index (κ1) is 15.3. The molecule has 1 atom stereocenters. The molecule has 2 aromatic rings. The number of benzene rings is 1. The van der Waals surface area contributed by atoms with Gasteiger partial charge in [-0.05, 0) is 42.5 Å². The van der Waals surface area contributed by atoms with Crippen molar-refractivity contribution < 1.29 is 23.5 Å². The van der Waals surface area contributed by atoms with Crippen LogP contribution in [0.15, 0.2) is 34.6 Å². The summed E-state index contributed by atoms with van der Waals surface area (Å²) < 4.78 is 10.7. The van der Waals surface area contributed by atoms with Gasteiger partial charge in [0, 0.05) is 33.7 Å². The van der Waals surface area contributed by atoms with Gasteiger partial charge in [-0.3, -0.25) is 14.4 Å². The van der Waals surface area contributed by atoms with Crippen molar-refractivity contribution in [2.24, 2.45) is 0 Å². The summed E-state index contributed by atoms with van der Waals surface area (Å²) in [4.78, 5) is 38.1. The van der Waals surface area contributed by atoms with Crippen LogP contribution in [0.2, 0.25) is 0 Å². The van der Waals surface area contributed by atoms with Gasteiger partial charge in [0.1, 0.15) is 0 Å². The number of fused-ring (bicyclic) bond motifs is 3. The van der Waals surface area contributed by atoms with E-state index in [-0.39, 0.29) is 28.7 Å². The number of methoxy groups -OCH3 is 1. The van der Waals surface area contributed by atoms with Crippen LogP contribution in [-0.4, -0.2) is 24.5 Å². The number of allylic oxidation sites excluding steroid dienone is 2. The van der Waals surface area contributed by atoms with Gasteiger partial charge in [0.2, 0.25) is 11.6 Å². The van der Waals surface area contributed by atoms with Crippen LogP contribution in [-0.2, 0) is 16.6 Å². The fourth-order valence-electron chi connectivity index (χ4n) is 4.68. The molecule has 0 N–H and O–H groups in total. The molecule has 1 aromatic carbocycles. The number of ether oxygens (including phenoxy) is 1. The van der Waals surface area contributed by atoms with Crippen molar-refractivity contribution in [3.8, 4) is 0 Å². The summed E-state index contributed by atoms with van der Waals surface area (Å²) in [6, 6.07) is 3.28. The third-order valence-corrected chi connectivity index (χ3v) is 5.96. The lowest BCUT2D eigenvalue weighted by molar-refractivity contribution is 0.0915. The Morgan fingerprint density at radius 3 is 2.65 bits per heavy atom. The molecule has 5 rings (SSSR count). The van der Waals surface area contributed by atoms with Crippen LogP contribution < -0.4 is 0 Å². The second kappa shape index (κ2) is 4.81. The quantitative estimate of drug-likeness (QED) is 0.790. The average Bonchev–Trinajstić information content (AvgIpc) is 3.08. The van der Waals surface area contributed by atoms with Crippen molar-refractivity contribution >= 4 is 17.3 Å². The fourth-order valence-corrected chi connectivity index (χ4v) is 4.68. The van der Waals surface area contributed by atoms with E-state index in [4.69, 9.17) is 9.15 Å². The van der Waals surface area contributed by atoms with Gasteiger partial charge >= 0.3 is 0 Å². The SMILES string of the molecule is COC1=CC(=O)c2cc3c(cc2C1=O)[C@@]1(C)CCCc2coc(c21)C3=O. The molecule has 0 spiro atoms. The molecular weight excluding hydrogens is 332 g/mol. The van der Waals surface area contributed by atoms with Crippen LogP contribution in [0.4, 0.5) is 0 Å². The molecule has 0 radical (unpaired) electrons. The molecule has 130 valence electrons. The predicted octanol–water partition coefficient (Wildman–Crippen LogP) is 3.38. The zero-order valence-electron chi connectivity index (χ0n) is 14.5. The average molecular weight is 348 g/mol. The zero-order valence-corrected chi connectivity index (χ0v) is 14.5. The van der Waals surface area contributed by atoms with Crippen molar-refractivity contribution in [1.29, 1.82) is 0 Å². The lowest BCUT2D eigenvalue weighted by Gasteiger charge is -2.39. The lowest BCUT2D eigenvalue weighted by Crippen LogP contribution is -2.36. The minimum Gasteiger partial charge on any atom is -0.492 e. The summed E-state index contributed by atoms with van der Waals surface area (Å²) in [5, 5.41) is 0. The number of carbonyl (C=O) groups excluding carboxylic acids is 3. The second-order valence-electron chi connectivity index (χ2n) is 7.33. The molecule has 3 aliphatic carbocycles. The van der Waals surface area contributed by atoms with Crippen molar-refractivity contribution in [2.75, 3.05) is 7.11 Å². The van der Waals surface area contributed by atoms with Gasteiger partial charge < -0.3 is 9.15 Å². The predicted molar refractivity (Wildman–Crippen MR) is 91.7 cm³/mol. The third-order valence-electron chi connectivity index (χ3n) is 5.96. The third kappa shape index (κ3) is 1.68. The number of hydrogen-bond acceptors (Lipinski definition) is 5. The highest BCUT2D eigenvalue weighted by Crippen LogP contribution is 2.50. The molecule has 0 fully saturated rings. The highest BCUT2D eigenvalue weighted by atomic mass is 16.5. The van der Waals surface area contributed by atoms with E-state index in [1.807, 2.05) is 0 Å². The standard InChI is InChI=1S/C21H16O5/c1-21-5-3-4-10-9-26-20(17(10)21)19(24)13-6-11-12(7-14(13)21)18(23)16(25-2)8-15(11)22/h6-9H,3-5H2,1-2H3/t21-/m1/s1. The van der Waals surface area contributed by atoms with Crippen LogP contribution in [0.3, 0.4) is 0 Å². The molecule has 0 saturated heterocycles. The van der Waals surface area contributed by atoms with Crippen molar-refractivity contribution in [1.82, 2.24) is 0 Å².